The Balaban J connectivity index is 2.78. The van der Waals surface area contributed by atoms with Crippen LogP contribution < -0.4 is 5.32 Å². The highest BCUT2D eigenvalue weighted by atomic mass is 79.9. The molecule has 0 aromatic heterocycles. The molecule has 82 valence electrons. The fraction of sp³-hybridized carbons (Fsp3) is 0.273. The molecule has 1 nitrogen and oxygen atoms in total. The van der Waals surface area contributed by atoms with E-state index >= 15 is 0 Å². The van der Waals surface area contributed by atoms with Gasteiger partial charge in [0.05, 0.1) is 5.02 Å². The monoisotopic (exact) mass is 291 g/mol. The Hall–Kier alpha value is -0.380. The van der Waals surface area contributed by atoms with Crippen molar-refractivity contribution in [3.63, 3.8) is 0 Å². The third-order valence-electron chi connectivity index (χ3n) is 1.92. The maximum atomic E-state index is 13.5. The number of nitrogens with one attached hydrogen (secondary N) is 1. The average Bonchev–Trinajstić information content (AvgIpc) is 2.24. The van der Waals surface area contributed by atoms with Crippen LogP contribution in [0.1, 0.15) is 12.0 Å². The minimum absolute atomic E-state index is 0.130. The van der Waals surface area contributed by atoms with Gasteiger partial charge in [0.1, 0.15) is 5.82 Å². The van der Waals surface area contributed by atoms with Crippen LogP contribution in [0.15, 0.2) is 22.7 Å². The molecule has 0 unspecified atom stereocenters. The SMILES string of the molecule is CNCC/C=C/c1ccc(Br)c(Cl)c1F. The fourth-order valence-corrected chi connectivity index (χ4v) is 1.59. The Morgan fingerprint density at radius 2 is 2.27 bits per heavy atom. The summed E-state index contributed by atoms with van der Waals surface area (Å²) in [5.41, 5.74) is 0.513. The molecule has 0 aliphatic carbocycles. The Kier molecular flexibility index (Phi) is 5.29. The second-order valence-electron chi connectivity index (χ2n) is 3.06. The Bertz CT molecular complexity index is 366. The van der Waals surface area contributed by atoms with Crippen molar-refractivity contribution in [2.45, 2.75) is 6.42 Å². The normalized spacial score (nSPS) is 11.2. The first-order valence-corrected chi connectivity index (χ1v) is 5.78. The summed E-state index contributed by atoms with van der Waals surface area (Å²) in [6.45, 7) is 0.877. The molecule has 0 saturated carbocycles. The molecule has 0 aliphatic heterocycles. The highest BCUT2D eigenvalue weighted by Gasteiger charge is 2.07. The summed E-state index contributed by atoms with van der Waals surface area (Å²) in [6, 6.07) is 3.43. The van der Waals surface area contributed by atoms with Gasteiger partial charge in [-0.05, 0) is 42.0 Å². The van der Waals surface area contributed by atoms with Crippen LogP contribution in [0, 0.1) is 5.82 Å². The van der Waals surface area contributed by atoms with Crippen LogP contribution in [0.5, 0.6) is 0 Å². The van der Waals surface area contributed by atoms with Crippen LogP contribution in [-0.2, 0) is 0 Å². The molecule has 0 bridgehead atoms. The number of hydrogen-bond acceptors (Lipinski definition) is 1. The van der Waals surface area contributed by atoms with Crippen LogP contribution in [0.3, 0.4) is 0 Å². The Morgan fingerprint density at radius 3 is 2.93 bits per heavy atom. The number of halogens is 3. The highest BCUT2D eigenvalue weighted by Crippen LogP contribution is 2.28. The van der Waals surface area contributed by atoms with Crippen LogP contribution in [0.25, 0.3) is 6.08 Å². The smallest absolute Gasteiger partial charge is 0.150 e. The van der Waals surface area contributed by atoms with Crippen molar-refractivity contribution >= 4 is 33.6 Å². The largest absolute Gasteiger partial charge is 0.319 e. The van der Waals surface area contributed by atoms with Crippen molar-refractivity contribution in [3.05, 3.63) is 39.1 Å². The Labute approximate surface area is 102 Å². The lowest BCUT2D eigenvalue weighted by Crippen LogP contribution is -2.05. The van der Waals surface area contributed by atoms with Gasteiger partial charge < -0.3 is 5.32 Å². The van der Waals surface area contributed by atoms with Crippen LogP contribution in [-0.4, -0.2) is 13.6 Å². The number of benzene rings is 1. The van der Waals surface area contributed by atoms with Crippen molar-refractivity contribution < 1.29 is 4.39 Å². The van der Waals surface area contributed by atoms with Gasteiger partial charge in [0.25, 0.3) is 0 Å². The van der Waals surface area contributed by atoms with Gasteiger partial charge in [-0.25, -0.2) is 4.39 Å². The molecule has 0 atom stereocenters. The van der Waals surface area contributed by atoms with E-state index in [1.165, 1.54) is 0 Å². The zero-order valence-corrected chi connectivity index (χ0v) is 10.7. The van der Waals surface area contributed by atoms with Crippen LogP contribution >= 0.6 is 27.5 Å². The van der Waals surface area contributed by atoms with Gasteiger partial charge in [-0.2, -0.15) is 0 Å². The van der Waals surface area contributed by atoms with Crippen molar-refractivity contribution in [2.75, 3.05) is 13.6 Å². The molecule has 1 aromatic rings. The predicted octanol–water partition coefficient (Wildman–Crippen LogP) is 3.86. The van der Waals surface area contributed by atoms with E-state index < -0.39 is 0 Å². The minimum Gasteiger partial charge on any atom is -0.319 e. The molecule has 1 aromatic carbocycles. The third-order valence-corrected chi connectivity index (χ3v) is 3.18. The zero-order chi connectivity index (χ0) is 11.3. The predicted molar refractivity (Wildman–Crippen MR) is 66.7 cm³/mol. The third kappa shape index (κ3) is 3.59. The first-order chi connectivity index (χ1) is 7.16. The van der Waals surface area contributed by atoms with E-state index in [9.17, 15) is 4.39 Å². The standard InChI is InChI=1S/C11H12BrClFN/c1-15-7-3-2-4-8-5-6-9(12)10(13)11(8)14/h2,4-6,15H,3,7H2,1H3/b4-2+. The van der Waals surface area contributed by atoms with Gasteiger partial charge in [-0.1, -0.05) is 29.8 Å². The molecule has 0 amide bonds. The van der Waals surface area contributed by atoms with Crippen LogP contribution in [0.2, 0.25) is 5.02 Å². The maximum Gasteiger partial charge on any atom is 0.150 e. The van der Waals surface area contributed by atoms with E-state index in [0.717, 1.165) is 13.0 Å². The van der Waals surface area contributed by atoms with E-state index in [2.05, 4.69) is 21.2 Å². The van der Waals surface area contributed by atoms with Crippen molar-refractivity contribution in [1.29, 1.82) is 0 Å². The number of hydrogen-bond donors (Lipinski definition) is 1. The van der Waals surface area contributed by atoms with Gasteiger partial charge in [0.15, 0.2) is 0 Å². The molecule has 1 rings (SSSR count). The molecule has 0 radical (unpaired) electrons. The minimum atomic E-state index is -0.383. The molecule has 1 N–H and O–H groups in total. The fourth-order valence-electron chi connectivity index (χ4n) is 1.11. The summed E-state index contributed by atoms with van der Waals surface area (Å²) >= 11 is 8.92. The molecule has 0 spiro atoms. The molecule has 0 fully saturated rings. The second kappa shape index (κ2) is 6.26. The lowest BCUT2D eigenvalue weighted by molar-refractivity contribution is 0.624. The molecular weight excluding hydrogens is 280 g/mol. The topological polar surface area (TPSA) is 12.0 Å². The molecule has 0 saturated heterocycles. The summed E-state index contributed by atoms with van der Waals surface area (Å²) in [5, 5.41) is 3.14. The summed E-state index contributed by atoms with van der Waals surface area (Å²) in [5.74, 6) is -0.383. The summed E-state index contributed by atoms with van der Waals surface area (Å²) < 4.78 is 14.1. The second-order valence-corrected chi connectivity index (χ2v) is 4.29. The summed E-state index contributed by atoms with van der Waals surface area (Å²) in [6.07, 6.45) is 4.52. The van der Waals surface area contributed by atoms with Gasteiger partial charge in [0.2, 0.25) is 0 Å². The highest BCUT2D eigenvalue weighted by molar-refractivity contribution is 9.10. The molecule has 0 heterocycles. The first-order valence-electron chi connectivity index (χ1n) is 4.61. The van der Waals surface area contributed by atoms with Crippen molar-refractivity contribution in [3.8, 4) is 0 Å². The lowest BCUT2D eigenvalue weighted by atomic mass is 10.2. The van der Waals surface area contributed by atoms with Gasteiger partial charge in [-0.15, -0.1) is 0 Å². The van der Waals surface area contributed by atoms with E-state index in [1.807, 2.05) is 13.1 Å². The molecule has 0 aliphatic rings. The summed E-state index contributed by atoms with van der Waals surface area (Å²) in [7, 11) is 1.88. The summed E-state index contributed by atoms with van der Waals surface area (Å²) in [4.78, 5) is 0. The van der Waals surface area contributed by atoms with Gasteiger partial charge in [0, 0.05) is 10.0 Å². The van der Waals surface area contributed by atoms with E-state index in [-0.39, 0.29) is 10.8 Å². The molecule has 15 heavy (non-hydrogen) atoms. The molecular formula is C11H12BrClFN. The zero-order valence-electron chi connectivity index (χ0n) is 8.36. The average molecular weight is 293 g/mol. The van der Waals surface area contributed by atoms with Crippen molar-refractivity contribution in [2.24, 2.45) is 0 Å². The van der Waals surface area contributed by atoms with Crippen molar-refractivity contribution in [1.82, 2.24) is 5.32 Å². The first kappa shape index (κ1) is 12.7. The maximum absolute atomic E-state index is 13.5. The Morgan fingerprint density at radius 1 is 1.53 bits per heavy atom. The lowest BCUT2D eigenvalue weighted by Gasteiger charge is -2.01. The van der Waals surface area contributed by atoms with Crippen LogP contribution in [0.4, 0.5) is 4.39 Å². The van der Waals surface area contributed by atoms with E-state index in [4.69, 9.17) is 11.6 Å². The van der Waals surface area contributed by atoms with Gasteiger partial charge >= 0.3 is 0 Å². The van der Waals surface area contributed by atoms with E-state index in [1.54, 1.807) is 18.2 Å². The number of rotatable bonds is 4. The molecule has 4 heteroatoms. The quantitative estimate of drug-likeness (QED) is 0.656. The van der Waals surface area contributed by atoms with Gasteiger partial charge in [-0.3, -0.25) is 0 Å². The van der Waals surface area contributed by atoms with E-state index in [0.29, 0.717) is 10.0 Å².